The average molecular weight is 323 g/mol. The number of hydrogen-bond acceptors (Lipinski definition) is 4. The fraction of sp³-hybridized carbons (Fsp3) is 0.750. The number of aromatic nitrogens is 2. The Morgan fingerprint density at radius 3 is 2.70 bits per heavy atom. The molecule has 0 aromatic carbocycles. The maximum Gasteiger partial charge on any atom is 0.257 e. The molecule has 1 aromatic rings. The van der Waals surface area contributed by atoms with Crippen LogP contribution in [0.2, 0.25) is 0 Å². The number of rotatable bonds is 5. The molecule has 2 N–H and O–H groups in total. The molecule has 20 heavy (non-hydrogen) atoms. The van der Waals surface area contributed by atoms with Crippen LogP contribution in [0.25, 0.3) is 0 Å². The zero-order chi connectivity index (χ0) is 13.9. The lowest BCUT2D eigenvalue weighted by Crippen LogP contribution is -2.36. The van der Waals surface area contributed by atoms with Crippen LogP contribution in [0.5, 0.6) is 0 Å². The fourth-order valence-electron chi connectivity index (χ4n) is 2.35. The molecule has 0 bridgehead atoms. The zero-order valence-corrected chi connectivity index (χ0v) is 13.6. The fourth-order valence-corrected chi connectivity index (χ4v) is 3.73. The van der Waals surface area contributed by atoms with Crippen molar-refractivity contribution in [2.24, 2.45) is 5.92 Å². The zero-order valence-electron chi connectivity index (χ0n) is 11.9. The predicted molar refractivity (Wildman–Crippen MR) is 80.7 cm³/mol. The van der Waals surface area contributed by atoms with Crippen LogP contribution in [0, 0.1) is 12.8 Å². The summed E-state index contributed by atoms with van der Waals surface area (Å²) < 4.78 is 28.8. The van der Waals surface area contributed by atoms with Crippen LogP contribution >= 0.6 is 12.4 Å². The van der Waals surface area contributed by atoms with E-state index in [4.69, 9.17) is 0 Å². The first kappa shape index (κ1) is 17.4. The molecule has 1 aliphatic heterocycles. The van der Waals surface area contributed by atoms with Crippen molar-refractivity contribution in [3.63, 3.8) is 0 Å². The summed E-state index contributed by atoms with van der Waals surface area (Å²) in [7, 11) is -3.45. The van der Waals surface area contributed by atoms with Crippen molar-refractivity contribution in [3.05, 3.63) is 11.8 Å². The second kappa shape index (κ2) is 7.40. The van der Waals surface area contributed by atoms with E-state index < -0.39 is 10.0 Å². The number of aryl methyl sites for hydroxylation is 2. The van der Waals surface area contributed by atoms with Crippen LogP contribution < -0.4 is 10.0 Å². The van der Waals surface area contributed by atoms with Gasteiger partial charge >= 0.3 is 0 Å². The summed E-state index contributed by atoms with van der Waals surface area (Å²) in [5.41, 5.74) is 0.726. The Balaban J connectivity index is 0.00000200. The predicted octanol–water partition coefficient (Wildman–Crippen LogP) is 0.911. The van der Waals surface area contributed by atoms with Gasteiger partial charge in [0.05, 0.1) is 5.69 Å². The number of nitrogens with one attached hydrogen (secondary N) is 2. The number of sulfonamides is 1. The average Bonchev–Trinajstić information content (AvgIpc) is 2.80. The second-order valence-electron chi connectivity index (χ2n) is 4.98. The van der Waals surface area contributed by atoms with Gasteiger partial charge in [-0.3, -0.25) is 4.68 Å². The van der Waals surface area contributed by atoms with Crippen molar-refractivity contribution in [2.75, 3.05) is 19.6 Å². The molecule has 6 nitrogen and oxygen atoms in total. The van der Waals surface area contributed by atoms with E-state index in [1.54, 1.807) is 13.0 Å². The SMILES string of the molecule is CCn1nc(C)cc1S(=O)(=O)NCC1CCNCC1.Cl. The minimum absolute atomic E-state index is 0. The highest BCUT2D eigenvalue weighted by Crippen LogP contribution is 2.14. The van der Waals surface area contributed by atoms with E-state index in [2.05, 4.69) is 15.1 Å². The minimum Gasteiger partial charge on any atom is -0.317 e. The van der Waals surface area contributed by atoms with E-state index >= 15 is 0 Å². The molecule has 0 unspecified atom stereocenters. The van der Waals surface area contributed by atoms with E-state index in [0.717, 1.165) is 31.6 Å². The highest BCUT2D eigenvalue weighted by atomic mass is 35.5. The molecule has 0 radical (unpaired) electrons. The lowest BCUT2D eigenvalue weighted by molar-refractivity contribution is 0.372. The molecule has 1 saturated heterocycles. The Kier molecular flexibility index (Phi) is 6.44. The summed E-state index contributed by atoms with van der Waals surface area (Å²) >= 11 is 0. The molecule has 2 rings (SSSR count). The first-order valence-electron chi connectivity index (χ1n) is 6.77. The van der Waals surface area contributed by atoms with Crippen LogP contribution in [0.1, 0.15) is 25.5 Å². The summed E-state index contributed by atoms with van der Waals surface area (Å²) in [5.74, 6) is 0.426. The first-order valence-corrected chi connectivity index (χ1v) is 8.26. The van der Waals surface area contributed by atoms with Crippen molar-refractivity contribution in [1.29, 1.82) is 0 Å². The van der Waals surface area contributed by atoms with Gasteiger partial charge in [0.25, 0.3) is 10.0 Å². The summed E-state index contributed by atoms with van der Waals surface area (Å²) in [6.07, 6.45) is 2.04. The molecule has 116 valence electrons. The molecule has 1 aromatic heterocycles. The largest absolute Gasteiger partial charge is 0.317 e. The Morgan fingerprint density at radius 1 is 1.45 bits per heavy atom. The lowest BCUT2D eigenvalue weighted by Gasteiger charge is -2.22. The van der Waals surface area contributed by atoms with Gasteiger partial charge in [0.2, 0.25) is 0 Å². The molecule has 0 amide bonds. The third-order valence-corrected chi connectivity index (χ3v) is 4.89. The molecular formula is C12H23ClN4O2S. The second-order valence-corrected chi connectivity index (χ2v) is 6.70. The summed E-state index contributed by atoms with van der Waals surface area (Å²) in [6, 6.07) is 1.62. The topological polar surface area (TPSA) is 76.0 Å². The molecule has 2 heterocycles. The number of halogens is 1. The Labute approximate surface area is 126 Å². The molecular weight excluding hydrogens is 300 g/mol. The van der Waals surface area contributed by atoms with E-state index in [-0.39, 0.29) is 17.4 Å². The maximum absolute atomic E-state index is 12.3. The highest BCUT2D eigenvalue weighted by molar-refractivity contribution is 7.89. The smallest absolute Gasteiger partial charge is 0.257 e. The standard InChI is InChI=1S/C12H22N4O2S.ClH/c1-3-16-12(8-10(2)15-16)19(17,18)14-9-11-4-6-13-7-5-11;/h8,11,13-14H,3-7,9H2,1-2H3;1H. The Bertz CT molecular complexity index is 524. The number of hydrogen-bond donors (Lipinski definition) is 2. The van der Waals surface area contributed by atoms with Crippen LogP contribution in [0.3, 0.4) is 0 Å². The van der Waals surface area contributed by atoms with Gasteiger partial charge in [0.15, 0.2) is 5.03 Å². The lowest BCUT2D eigenvalue weighted by atomic mass is 9.99. The van der Waals surface area contributed by atoms with E-state index in [1.807, 2.05) is 6.92 Å². The highest BCUT2D eigenvalue weighted by Gasteiger charge is 2.22. The normalized spacial score (nSPS) is 16.9. The molecule has 8 heteroatoms. The summed E-state index contributed by atoms with van der Waals surface area (Å²) in [6.45, 7) is 6.70. The molecule has 1 fully saturated rings. The van der Waals surface area contributed by atoms with Gasteiger partial charge in [-0.2, -0.15) is 5.10 Å². The van der Waals surface area contributed by atoms with Crippen molar-refractivity contribution < 1.29 is 8.42 Å². The summed E-state index contributed by atoms with van der Waals surface area (Å²) in [4.78, 5) is 0. The van der Waals surface area contributed by atoms with Gasteiger partial charge in [0, 0.05) is 13.1 Å². The third kappa shape index (κ3) is 4.18. The molecule has 0 atom stereocenters. The van der Waals surface area contributed by atoms with Gasteiger partial charge in [-0.15, -0.1) is 12.4 Å². The Hall–Kier alpha value is -0.630. The minimum atomic E-state index is -3.45. The molecule has 0 saturated carbocycles. The van der Waals surface area contributed by atoms with E-state index in [1.165, 1.54) is 4.68 Å². The number of nitrogens with zero attached hydrogens (tertiary/aromatic N) is 2. The van der Waals surface area contributed by atoms with Gasteiger partial charge in [-0.1, -0.05) is 0 Å². The van der Waals surface area contributed by atoms with Gasteiger partial charge in [-0.25, -0.2) is 13.1 Å². The van der Waals surface area contributed by atoms with E-state index in [0.29, 0.717) is 19.0 Å². The van der Waals surface area contributed by atoms with Crippen LogP contribution in [0.4, 0.5) is 0 Å². The van der Waals surface area contributed by atoms with Crippen molar-refractivity contribution >= 4 is 22.4 Å². The van der Waals surface area contributed by atoms with Gasteiger partial charge in [-0.05, 0) is 51.8 Å². The summed E-state index contributed by atoms with van der Waals surface area (Å²) in [5, 5.41) is 7.72. The van der Waals surface area contributed by atoms with Crippen LogP contribution in [-0.2, 0) is 16.6 Å². The third-order valence-electron chi connectivity index (χ3n) is 3.46. The van der Waals surface area contributed by atoms with Crippen LogP contribution in [0.15, 0.2) is 11.1 Å². The van der Waals surface area contributed by atoms with Crippen molar-refractivity contribution in [1.82, 2.24) is 19.8 Å². The van der Waals surface area contributed by atoms with Gasteiger partial charge < -0.3 is 5.32 Å². The molecule has 1 aliphatic rings. The first-order chi connectivity index (χ1) is 9.03. The van der Waals surface area contributed by atoms with Crippen molar-refractivity contribution in [2.45, 2.75) is 38.3 Å². The van der Waals surface area contributed by atoms with E-state index in [9.17, 15) is 8.42 Å². The molecule has 0 aliphatic carbocycles. The Morgan fingerprint density at radius 2 is 2.10 bits per heavy atom. The van der Waals surface area contributed by atoms with Crippen LogP contribution in [-0.4, -0.2) is 37.8 Å². The van der Waals surface area contributed by atoms with Crippen molar-refractivity contribution in [3.8, 4) is 0 Å². The maximum atomic E-state index is 12.3. The monoisotopic (exact) mass is 322 g/mol. The quantitative estimate of drug-likeness (QED) is 0.845. The molecule has 0 spiro atoms. The number of piperidine rings is 1. The van der Waals surface area contributed by atoms with Gasteiger partial charge in [0.1, 0.15) is 0 Å².